The van der Waals surface area contributed by atoms with Crippen LogP contribution < -0.4 is 5.73 Å². The van der Waals surface area contributed by atoms with E-state index in [2.05, 4.69) is 135 Å². The molecule has 356 valence electrons. The lowest BCUT2D eigenvalue weighted by molar-refractivity contribution is -0.161. The normalized spacial score (nSPS) is 14.3. The van der Waals surface area contributed by atoms with Gasteiger partial charge < -0.3 is 20.1 Å². The maximum Gasteiger partial charge on any atom is 0.472 e. The van der Waals surface area contributed by atoms with Crippen LogP contribution in [0.5, 0.6) is 0 Å². The molecule has 0 radical (unpaired) electrons. The van der Waals surface area contributed by atoms with Crippen LogP contribution in [0.3, 0.4) is 0 Å². The van der Waals surface area contributed by atoms with E-state index in [0.717, 1.165) is 128 Å². The third-order valence-corrected chi connectivity index (χ3v) is 10.3. The van der Waals surface area contributed by atoms with Gasteiger partial charge in [0.1, 0.15) is 6.61 Å². The molecule has 0 aliphatic heterocycles. The number of carbonyl (C=O) groups excluding carboxylic acids is 2. The summed E-state index contributed by atoms with van der Waals surface area (Å²) in [5, 5.41) is 0. The number of unbranched alkanes of at least 4 members (excludes halogenated alkanes) is 10. The number of ether oxygens (including phenoxy) is 2. The fraction of sp³-hybridized carbons (Fsp3) is 0.585. The predicted molar refractivity (Wildman–Crippen MR) is 265 cm³/mol. The Balaban J connectivity index is 4.21. The van der Waals surface area contributed by atoms with Crippen LogP contribution in [0.1, 0.15) is 168 Å². The summed E-state index contributed by atoms with van der Waals surface area (Å²) < 4.78 is 32.9. The Morgan fingerprint density at radius 3 is 1.22 bits per heavy atom. The van der Waals surface area contributed by atoms with Crippen LogP contribution in [0.2, 0.25) is 0 Å². The highest BCUT2D eigenvalue weighted by molar-refractivity contribution is 7.47. The van der Waals surface area contributed by atoms with Gasteiger partial charge in [-0.3, -0.25) is 18.6 Å². The molecule has 3 N–H and O–H groups in total. The zero-order valence-electron chi connectivity index (χ0n) is 39.3. The quantitative estimate of drug-likeness (QED) is 0.0265. The van der Waals surface area contributed by atoms with Gasteiger partial charge in [0.2, 0.25) is 0 Å². The van der Waals surface area contributed by atoms with Crippen molar-refractivity contribution in [3.8, 4) is 0 Å². The van der Waals surface area contributed by atoms with E-state index >= 15 is 0 Å². The fourth-order valence-electron chi connectivity index (χ4n) is 5.86. The standard InChI is InChI=1S/C53H86NO8P/c1-3-5-7-9-11-13-15-17-19-21-23-25-27-29-31-33-35-37-39-41-43-45-52(55)59-49-51(50-61-63(57,58)60-48-47-54)62-53(56)46-44-42-40-38-36-34-32-30-28-26-24-22-20-18-16-14-12-10-8-6-4-2/h5-8,11-14,17-20,23-26,29-32,51H,3-4,9-10,15-16,21-22,27-28,33-50,54H2,1-2H3,(H,57,58)/b7-5-,8-6-,13-11-,14-12-,19-17-,20-18-,25-23-,26-24-,31-29-,32-30-. The zero-order valence-corrected chi connectivity index (χ0v) is 40.1. The van der Waals surface area contributed by atoms with E-state index in [9.17, 15) is 19.0 Å². The number of hydrogen-bond acceptors (Lipinski definition) is 8. The van der Waals surface area contributed by atoms with Gasteiger partial charge in [-0.25, -0.2) is 4.57 Å². The van der Waals surface area contributed by atoms with Crippen molar-refractivity contribution >= 4 is 19.8 Å². The maximum atomic E-state index is 12.6. The Morgan fingerprint density at radius 1 is 0.476 bits per heavy atom. The summed E-state index contributed by atoms with van der Waals surface area (Å²) in [6, 6.07) is 0. The third-order valence-electron chi connectivity index (χ3n) is 9.34. The molecule has 63 heavy (non-hydrogen) atoms. The van der Waals surface area contributed by atoms with Crippen LogP contribution in [0.4, 0.5) is 0 Å². The van der Waals surface area contributed by atoms with Crippen molar-refractivity contribution in [2.45, 2.75) is 174 Å². The molecule has 0 aromatic heterocycles. The lowest BCUT2D eigenvalue weighted by atomic mass is 10.1. The first-order valence-electron chi connectivity index (χ1n) is 24.0. The molecule has 0 fully saturated rings. The van der Waals surface area contributed by atoms with Crippen molar-refractivity contribution in [2.75, 3.05) is 26.4 Å². The van der Waals surface area contributed by atoms with Gasteiger partial charge in [0.05, 0.1) is 13.2 Å². The summed E-state index contributed by atoms with van der Waals surface area (Å²) in [4.78, 5) is 35.0. The van der Waals surface area contributed by atoms with Gasteiger partial charge in [0.25, 0.3) is 0 Å². The van der Waals surface area contributed by atoms with E-state index in [1.165, 1.54) is 0 Å². The Morgan fingerprint density at radius 2 is 0.825 bits per heavy atom. The van der Waals surface area contributed by atoms with Gasteiger partial charge in [0.15, 0.2) is 6.10 Å². The Labute approximate surface area is 383 Å². The van der Waals surface area contributed by atoms with Crippen LogP contribution in [0, 0.1) is 0 Å². The van der Waals surface area contributed by atoms with Crippen LogP contribution in [-0.2, 0) is 32.7 Å². The summed E-state index contributed by atoms with van der Waals surface area (Å²) in [5.41, 5.74) is 5.36. The predicted octanol–water partition coefficient (Wildman–Crippen LogP) is 14.5. The van der Waals surface area contributed by atoms with Gasteiger partial charge in [-0.05, 0) is 103 Å². The lowest BCUT2D eigenvalue weighted by Crippen LogP contribution is -2.29. The number of esters is 2. The van der Waals surface area contributed by atoms with Gasteiger partial charge in [0, 0.05) is 19.4 Å². The maximum absolute atomic E-state index is 12.6. The van der Waals surface area contributed by atoms with E-state index in [1.807, 2.05) is 0 Å². The minimum absolute atomic E-state index is 0.0393. The first kappa shape index (κ1) is 59.4. The van der Waals surface area contributed by atoms with Gasteiger partial charge in [-0.2, -0.15) is 0 Å². The molecule has 0 bridgehead atoms. The fourth-order valence-corrected chi connectivity index (χ4v) is 6.63. The highest BCUT2D eigenvalue weighted by Crippen LogP contribution is 2.43. The molecule has 0 saturated carbocycles. The van der Waals surface area contributed by atoms with E-state index in [1.54, 1.807) is 0 Å². The summed E-state index contributed by atoms with van der Waals surface area (Å²) in [6.45, 7) is 3.44. The monoisotopic (exact) mass is 896 g/mol. The van der Waals surface area contributed by atoms with Gasteiger partial charge >= 0.3 is 19.8 Å². The van der Waals surface area contributed by atoms with Crippen LogP contribution in [-0.4, -0.2) is 49.3 Å². The van der Waals surface area contributed by atoms with Crippen molar-refractivity contribution in [1.29, 1.82) is 0 Å². The third kappa shape index (κ3) is 47.7. The summed E-state index contributed by atoms with van der Waals surface area (Å²) in [7, 11) is -4.40. The largest absolute Gasteiger partial charge is 0.472 e. The van der Waals surface area contributed by atoms with E-state index in [4.69, 9.17) is 24.3 Å². The molecule has 0 heterocycles. The highest BCUT2D eigenvalue weighted by Gasteiger charge is 2.26. The summed E-state index contributed by atoms with van der Waals surface area (Å²) >= 11 is 0. The number of hydrogen-bond donors (Lipinski definition) is 2. The number of phosphoric ester groups is 1. The Bertz CT molecular complexity index is 1440. The molecule has 0 aromatic carbocycles. The lowest BCUT2D eigenvalue weighted by Gasteiger charge is -2.19. The molecular formula is C53H86NO8P. The molecule has 0 amide bonds. The van der Waals surface area contributed by atoms with Crippen LogP contribution in [0.15, 0.2) is 122 Å². The highest BCUT2D eigenvalue weighted by atomic mass is 31.2. The molecule has 0 aromatic rings. The number of carbonyl (C=O) groups is 2. The number of rotatable bonds is 43. The molecule has 0 saturated heterocycles. The first-order valence-corrected chi connectivity index (χ1v) is 25.5. The smallest absolute Gasteiger partial charge is 0.462 e. The van der Waals surface area contributed by atoms with Crippen molar-refractivity contribution < 1.29 is 37.6 Å². The Kier molecular flexibility index (Phi) is 45.2. The van der Waals surface area contributed by atoms with E-state index in [-0.39, 0.29) is 32.6 Å². The molecule has 2 unspecified atom stereocenters. The molecule has 0 rings (SSSR count). The van der Waals surface area contributed by atoms with E-state index < -0.39 is 32.5 Å². The molecule has 10 heteroatoms. The zero-order chi connectivity index (χ0) is 46.0. The summed E-state index contributed by atoms with van der Waals surface area (Å²) in [5.74, 6) is -0.885. The van der Waals surface area contributed by atoms with Crippen LogP contribution in [0.25, 0.3) is 0 Å². The molecular weight excluding hydrogens is 810 g/mol. The number of phosphoric acid groups is 1. The SMILES string of the molecule is CC/C=C\C/C=C\C/C=C\C/C=C\C/C=C\CCCCCCCC(=O)OCC(COP(=O)(O)OCCN)OC(=O)CCCCCCC/C=C\C/C=C\C/C=C\C/C=C\C/C=C\CC. The summed E-state index contributed by atoms with van der Waals surface area (Å²) in [6.07, 6.45) is 65.1. The average molecular weight is 896 g/mol. The van der Waals surface area contributed by atoms with Gasteiger partial charge in [-0.1, -0.05) is 174 Å². The molecule has 0 aliphatic rings. The minimum atomic E-state index is -4.40. The Hall–Kier alpha value is -3.59. The van der Waals surface area contributed by atoms with Crippen molar-refractivity contribution in [3.63, 3.8) is 0 Å². The number of nitrogens with two attached hydrogens (primary N) is 1. The first-order chi connectivity index (χ1) is 30.8. The van der Waals surface area contributed by atoms with Crippen LogP contribution >= 0.6 is 7.82 Å². The van der Waals surface area contributed by atoms with Crippen molar-refractivity contribution in [2.24, 2.45) is 5.73 Å². The molecule has 0 spiro atoms. The second kappa shape index (κ2) is 47.9. The molecule has 9 nitrogen and oxygen atoms in total. The van der Waals surface area contributed by atoms with Crippen molar-refractivity contribution in [1.82, 2.24) is 0 Å². The second-order valence-electron chi connectivity index (χ2n) is 15.2. The van der Waals surface area contributed by atoms with Gasteiger partial charge in [-0.15, -0.1) is 0 Å². The molecule has 0 aliphatic carbocycles. The number of allylic oxidation sites excluding steroid dienone is 20. The minimum Gasteiger partial charge on any atom is -0.462 e. The van der Waals surface area contributed by atoms with E-state index in [0.29, 0.717) is 12.8 Å². The van der Waals surface area contributed by atoms with Crippen molar-refractivity contribution in [3.05, 3.63) is 122 Å². The average Bonchev–Trinajstić information content (AvgIpc) is 3.27. The molecule has 2 atom stereocenters. The second-order valence-corrected chi connectivity index (χ2v) is 16.7. The topological polar surface area (TPSA) is 134 Å².